The van der Waals surface area contributed by atoms with Crippen LogP contribution in [0.3, 0.4) is 0 Å². The lowest BCUT2D eigenvalue weighted by Gasteiger charge is -2.03. The molecule has 1 heterocycles. The SMILES string of the molecule is Cc1csc(Oc2ccc(N)cc2F)n1. The Morgan fingerprint density at radius 1 is 1.47 bits per heavy atom. The lowest BCUT2D eigenvalue weighted by Crippen LogP contribution is -1.91. The maximum Gasteiger partial charge on any atom is 0.278 e. The number of aryl methyl sites for hydroxylation is 1. The Morgan fingerprint density at radius 2 is 2.27 bits per heavy atom. The predicted molar refractivity (Wildman–Crippen MR) is 57.7 cm³/mol. The number of ether oxygens (including phenoxy) is 1. The minimum absolute atomic E-state index is 0.138. The van der Waals surface area contributed by atoms with Crippen LogP contribution in [0, 0.1) is 12.7 Å². The van der Waals surface area contributed by atoms with Gasteiger partial charge in [-0.05, 0) is 19.1 Å². The monoisotopic (exact) mass is 224 g/mol. The number of thiazole rings is 1. The number of nitrogens with zero attached hydrogens (tertiary/aromatic N) is 1. The van der Waals surface area contributed by atoms with Crippen molar-refractivity contribution in [2.75, 3.05) is 5.73 Å². The standard InChI is InChI=1S/C10H9FN2OS/c1-6-5-15-10(13-6)14-9-3-2-7(12)4-8(9)11/h2-5H,12H2,1H3. The number of rotatable bonds is 2. The highest BCUT2D eigenvalue weighted by atomic mass is 32.1. The van der Waals surface area contributed by atoms with Gasteiger partial charge in [0.2, 0.25) is 0 Å². The Bertz CT molecular complexity index is 484. The Hall–Kier alpha value is -1.62. The van der Waals surface area contributed by atoms with E-state index in [4.69, 9.17) is 10.5 Å². The van der Waals surface area contributed by atoms with Crippen LogP contribution in [0.4, 0.5) is 10.1 Å². The summed E-state index contributed by atoms with van der Waals surface area (Å²) in [5, 5.41) is 2.26. The Labute approximate surface area is 90.3 Å². The molecule has 2 N–H and O–H groups in total. The highest BCUT2D eigenvalue weighted by Gasteiger charge is 2.07. The second-order valence-electron chi connectivity index (χ2n) is 3.05. The van der Waals surface area contributed by atoms with Crippen LogP contribution in [0.5, 0.6) is 10.9 Å². The molecule has 2 rings (SSSR count). The van der Waals surface area contributed by atoms with Crippen molar-refractivity contribution in [1.82, 2.24) is 4.98 Å². The topological polar surface area (TPSA) is 48.1 Å². The summed E-state index contributed by atoms with van der Waals surface area (Å²) in [5.41, 5.74) is 6.64. The summed E-state index contributed by atoms with van der Waals surface area (Å²) in [6.07, 6.45) is 0. The van der Waals surface area contributed by atoms with Crippen LogP contribution >= 0.6 is 11.3 Å². The largest absolute Gasteiger partial charge is 0.428 e. The molecule has 0 aliphatic rings. The first-order valence-electron chi connectivity index (χ1n) is 4.30. The van der Waals surface area contributed by atoms with E-state index in [-0.39, 0.29) is 5.75 Å². The Kier molecular flexibility index (Phi) is 2.55. The quantitative estimate of drug-likeness (QED) is 0.798. The van der Waals surface area contributed by atoms with E-state index >= 15 is 0 Å². The molecule has 3 nitrogen and oxygen atoms in total. The lowest BCUT2D eigenvalue weighted by molar-refractivity contribution is 0.439. The molecule has 0 bridgehead atoms. The van der Waals surface area contributed by atoms with Crippen LogP contribution in [0.25, 0.3) is 0 Å². The number of nitrogens with two attached hydrogens (primary N) is 1. The van der Waals surface area contributed by atoms with E-state index < -0.39 is 5.82 Å². The number of halogens is 1. The Balaban J connectivity index is 2.24. The van der Waals surface area contributed by atoms with Crippen LogP contribution in [-0.4, -0.2) is 4.98 Å². The molecule has 0 aliphatic carbocycles. The number of benzene rings is 1. The van der Waals surface area contributed by atoms with Crippen LogP contribution in [0.15, 0.2) is 23.6 Å². The molecule has 5 heteroatoms. The molecule has 0 aliphatic heterocycles. The van der Waals surface area contributed by atoms with Gasteiger partial charge in [-0.3, -0.25) is 0 Å². The summed E-state index contributed by atoms with van der Waals surface area (Å²) < 4.78 is 18.6. The lowest BCUT2D eigenvalue weighted by atomic mass is 10.3. The molecule has 2 aromatic rings. The normalized spacial score (nSPS) is 10.3. The second-order valence-corrected chi connectivity index (χ2v) is 3.87. The summed E-state index contributed by atoms with van der Waals surface area (Å²) in [7, 11) is 0. The van der Waals surface area contributed by atoms with Gasteiger partial charge in [0.1, 0.15) is 0 Å². The van der Waals surface area contributed by atoms with Gasteiger partial charge in [-0.25, -0.2) is 9.37 Å². The fraction of sp³-hybridized carbons (Fsp3) is 0.100. The molecule has 0 spiro atoms. The average molecular weight is 224 g/mol. The van der Waals surface area contributed by atoms with Gasteiger partial charge in [0.25, 0.3) is 5.19 Å². The Morgan fingerprint density at radius 3 is 2.87 bits per heavy atom. The molecule has 0 saturated carbocycles. The maximum atomic E-state index is 13.3. The van der Waals surface area contributed by atoms with E-state index in [9.17, 15) is 4.39 Å². The third-order valence-electron chi connectivity index (χ3n) is 1.75. The van der Waals surface area contributed by atoms with E-state index in [0.717, 1.165) is 5.69 Å². The molecule has 0 unspecified atom stereocenters. The smallest absolute Gasteiger partial charge is 0.278 e. The first-order valence-corrected chi connectivity index (χ1v) is 5.18. The van der Waals surface area contributed by atoms with Crippen LogP contribution in [0.2, 0.25) is 0 Å². The third kappa shape index (κ3) is 2.24. The highest BCUT2D eigenvalue weighted by molar-refractivity contribution is 7.11. The molecule has 0 amide bonds. The molecule has 1 aromatic heterocycles. The number of hydrogen-bond donors (Lipinski definition) is 1. The van der Waals surface area contributed by atoms with Crippen LogP contribution < -0.4 is 10.5 Å². The van der Waals surface area contributed by atoms with Gasteiger partial charge in [-0.15, -0.1) is 0 Å². The first-order chi connectivity index (χ1) is 7.15. The number of nitrogen functional groups attached to an aromatic ring is 1. The zero-order valence-electron chi connectivity index (χ0n) is 8.03. The molecule has 0 fully saturated rings. The van der Waals surface area contributed by atoms with Gasteiger partial charge in [0, 0.05) is 17.1 Å². The summed E-state index contributed by atoms with van der Waals surface area (Å²) in [4.78, 5) is 4.07. The molecule has 0 atom stereocenters. The van der Waals surface area contributed by atoms with Crippen molar-refractivity contribution in [1.29, 1.82) is 0 Å². The third-order valence-corrected chi connectivity index (χ3v) is 2.59. The van der Waals surface area contributed by atoms with Crippen molar-refractivity contribution in [3.05, 3.63) is 35.1 Å². The van der Waals surface area contributed by atoms with Crippen LogP contribution in [-0.2, 0) is 0 Å². The van der Waals surface area contributed by atoms with Crippen molar-refractivity contribution < 1.29 is 9.13 Å². The number of aromatic nitrogens is 1. The molecule has 15 heavy (non-hydrogen) atoms. The van der Waals surface area contributed by atoms with Gasteiger partial charge in [-0.2, -0.15) is 0 Å². The minimum Gasteiger partial charge on any atom is -0.428 e. The highest BCUT2D eigenvalue weighted by Crippen LogP contribution is 2.27. The second kappa shape index (κ2) is 3.86. The van der Waals surface area contributed by atoms with E-state index in [1.54, 1.807) is 6.07 Å². The van der Waals surface area contributed by atoms with Gasteiger partial charge in [-0.1, -0.05) is 11.3 Å². The van der Waals surface area contributed by atoms with E-state index in [1.807, 2.05) is 12.3 Å². The van der Waals surface area contributed by atoms with Crippen molar-refractivity contribution in [3.8, 4) is 10.9 Å². The van der Waals surface area contributed by atoms with Crippen LogP contribution in [0.1, 0.15) is 5.69 Å². The molecule has 1 aromatic carbocycles. The van der Waals surface area contributed by atoms with Gasteiger partial charge >= 0.3 is 0 Å². The first kappa shape index (κ1) is 9.92. The summed E-state index contributed by atoms with van der Waals surface area (Å²) in [6.45, 7) is 1.85. The summed E-state index contributed by atoms with van der Waals surface area (Å²) in [5.74, 6) is -0.346. The number of anilines is 1. The van der Waals surface area contributed by atoms with Crippen molar-refractivity contribution in [2.45, 2.75) is 6.92 Å². The minimum atomic E-state index is -0.483. The molecule has 78 valence electrons. The van der Waals surface area contributed by atoms with Crippen molar-refractivity contribution in [2.24, 2.45) is 0 Å². The van der Waals surface area contributed by atoms with Crippen molar-refractivity contribution in [3.63, 3.8) is 0 Å². The van der Waals surface area contributed by atoms with E-state index in [2.05, 4.69) is 4.98 Å². The zero-order chi connectivity index (χ0) is 10.8. The summed E-state index contributed by atoms with van der Waals surface area (Å²) >= 11 is 1.33. The molecule has 0 radical (unpaired) electrons. The molecular formula is C10H9FN2OS. The maximum absolute atomic E-state index is 13.3. The van der Waals surface area contributed by atoms with E-state index in [0.29, 0.717) is 10.9 Å². The van der Waals surface area contributed by atoms with Gasteiger partial charge in [0.05, 0.1) is 5.69 Å². The average Bonchev–Trinajstić information content (AvgIpc) is 2.56. The predicted octanol–water partition coefficient (Wildman–Crippen LogP) is 2.97. The fourth-order valence-corrected chi connectivity index (χ4v) is 1.73. The van der Waals surface area contributed by atoms with Gasteiger partial charge < -0.3 is 10.5 Å². The number of hydrogen-bond acceptors (Lipinski definition) is 4. The molecule has 0 saturated heterocycles. The fourth-order valence-electron chi connectivity index (χ4n) is 1.07. The zero-order valence-corrected chi connectivity index (χ0v) is 8.84. The summed E-state index contributed by atoms with van der Waals surface area (Å²) in [6, 6.07) is 4.29. The van der Waals surface area contributed by atoms with E-state index in [1.165, 1.54) is 23.5 Å². The molecular weight excluding hydrogens is 215 g/mol. The van der Waals surface area contributed by atoms with Crippen molar-refractivity contribution >= 4 is 17.0 Å². The van der Waals surface area contributed by atoms with Gasteiger partial charge in [0.15, 0.2) is 11.6 Å².